The number of aromatic nitrogens is 2. The molecule has 30 heavy (non-hydrogen) atoms. The molecule has 0 aliphatic heterocycles. The number of benzene rings is 2. The van der Waals surface area contributed by atoms with Crippen molar-refractivity contribution >= 4 is 22.0 Å². The molecule has 2 aromatic carbocycles. The summed E-state index contributed by atoms with van der Waals surface area (Å²) in [7, 11) is 0. The zero-order chi connectivity index (χ0) is 21.2. The molecule has 0 aliphatic rings. The molecule has 1 aromatic heterocycles. The van der Waals surface area contributed by atoms with Crippen LogP contribution in [0.4, 0.5) is 4.79 Å². The van der Waals surface area contributed by atoms with E-state index in [1.807, 2.05) is 71.1 Å². The third-order valence-corrected chi connectivity index (χ3v) is 5.12. The van der Waals surface area contributed by atoms with E-state index in [0.717, 1.165) is 34.3 Å². The quantitative estimate of drug-likeness (QED) is 0.460. The second kappa shape index (κ2) is 11.4. The van der Waals surface area contributed by atoms with Gasteiger partial charge in [-0.3, -0.25) is 0 Å². The van der Waals surface area contributed by atoms with E-state index in [4.69, 9.17) is 4.74 Å². The normalized spacial score (nSPS) is 10.6. The number of carbonyl (C=O) groups is 1. The first kappa shape index (κ1) is 21.9. The van der Waals surface area contributed by atoms with Crippen LogP contribution in [0.15, 0.2) is 71.7 Å². The predicted molar refractivity (Wildman–Crippen MR) is 121 cm³/mol. The highest BCUT2D eigenvalue weighted by molar-refractivity contribution is 9.10. The Morgan fingerprint density at radius 3 is 2.73 bits per heavy atom. The van der Waals surface area contributed by atoms with Crippen molar-refractivity contribution in [2.24, 2.45) is 0 Å². The number of carbonyl (C=O) groups excluding carboxylic acids is 1. The fourth-order valence-corrected chi connectivity index (χ4v) is 3.58. The van der Waals surface area contributed by atoms with Crippen molar-refractivity contribution in [2.75, 3.05) is 13.2 Å². The van der Waals surface area contributed by atoms with Crippen molar-refractivity contribution in [1.82, 2.24) is 19.8 Å². The third kappa shape index (κ3) is 6.91. The number of amides is 2. The highest BCUT2D eigenvalue weighted by Crippen LogP contribution is 2.15. The third-order valence-electron chi connectivity index (χ3n) is 4.63. The summed E-state index contributed by atoms with van der Waals surface area (Å²) in [4.78, 5) is 18.8. The fourth-order valence-electron chi connectivity index (χ4n) is 3.13. The average Bonchev–Trinajstić information content (AvgIpc) is 3.26. The highest BCUT2D eigenvalue weighted by atomic mass is 79.9. The number of halogens is 1. The molecule has 0 aliphatic carbocycles. The molecule has 1 N–H and O–H groups in total. The predicted octanol–water partition coefficient (Wildman–Crippen LogP) is 4.85. The lowest BCUT2D eigenvalue weighted by molar-refractivity contribution is 0.193. The van der Waals surface area contributed by atoms with Crippen LogP contribution in [-0.4, -0.2) is 33.6 Å². The number of urea groups is 1. The van der Waals surface area contributed by atoms with E-state index in [-0.39, 0.29) is 6.03 Å². The maximum absolute atomic E-state index is 12.9. The second-order valence-corrected chi connectivity index (χ2v) is 7.86. The molecule has 0 bridgehead atoms. The first-order valence-electron chi connectivity index (χ1n) is 10.1. The van der Waals surface area contributed by atoms with Gasteiger partial charge in [-0.05, 0) is 48.7 Å². The van der Waals surface area contributed by atoms with E-state index in [0.29, 0.717) is 26.2 Å². The highest BCUT2D eigenvalue weighted by Gasteiger charge is 2.14. The Morgan fingerprint density at radius 2 is 2.03 bits per heavy atom. The van der Waals surface area contributed by atoms with Crippen LogP contribution < -0.4 is 10.1 Å². The molecule has 6 nitrogen and oxygen atoms in total. The minimum absolute atomic E-state index is 0.0745. The molecule has 1 heterocycles. The Bertz CT molecular complexity index is 913. The van der Waals surface area contributed by atoms with E-state index in [1.54, 1.807) is 12.5 Å². The van der Waals surface area contributed by atoms with E-state index >= 15 is 0 Å². The molecule has 0 atom stereocenters. The number of nitrogens with one attached hydrogen (secondary N) is 1. The second-order valence-electron chi connectivity index (χ2n) is 6.94. The van der Waals surface area contributed by atoms with Crippen molar-refractivity contribution in [2.45, 2.75) is 33.0 Å². The van der Waals surface area contributed by atoms with Crippen molar-refractivity contribution < 1.29 is 9.53 Å². The maximum atomic E-state index is 12.9. The number of aryl methyl sites for hydroxylation is 1. The van der Waals surface area contributed by atoms with Gasteiger partial charge in [0.25, 0.3) is 0 Å². The summed E-state index contributed by atoms with van der Waals surface area (Å²) in [6.45, 7) is 5.10. The molecule has 3 aromatic rings. The average molecular weight is 471 g/mol. The smallest absolute Gasteiger partial charge is 0.317 e. The molecule has 0 unspecified atom stereocenters. The Balaban J connectivity index is 1.61. The van der Waals surface area contributed by atoms with Crippen molar-refractivity contribution in [3.05, 3.63) is 82.9 Å². The van der Waals surface area contributed by atoms with Crippen LogP contribution in [-0.2, 0) is 19.6 Å². The Kier molecular flexibility index (Phi) is 8.32. The van der Waals surface area contributed by atoms with Gasteiger partial charge in [-0.15, -0.1) is 0 Å². The van der Waals surface area contributed by atoms with E-state index in [9.17, 15) is 4.79 Å². The molecule has 0 saturated carbocycles. The summed E-state index contributed by atoms with van der Waals surface area (Å²) in [5.74, 6) is 0.840. The molecular formula is C23H27BrN4O2. The number of imidazole rings is 1. The summed E-state index contributed by atoms with van der Waals surface area (Å²) in [6.07, 6.45) is 6.34. The largest absolute Gasteiger partial charge is 0.494 e. The zero-order valence-corrected chi connectivity index (χ0v) is 18.7. The monoisotopic (exact) mass is 470 g/mol. The molecular weight excluding hydrogens is 444 g/mol. The molecule has 0 saturated heterocycles. The SMILES string of the molecule is CCOc1ccc(CN(CCCn2ccnc2)C(=O)NCc2cccc(Br)c2)cc1. The molecule has 7 heteroatoms. The summed E-state index contributed by atoms with van der Waals surface area (Å²) >= 11 is 3.47. The van der Waals surface area contributed by atoms with Crippen LogP contribution in [0, 0.1) is 0 Å². The first-order chi connectivity index (χ1) is 14.6. The number of hydrogen-bond acceptors (Lipinski definition) is 3. The van der Waals surface area contributed by atoms with E-state index in [1.165, 1.54) is 0 Å². The molecule has 3 rings (SSSR count). The molecule has 2 amide bonds. The summed E-state index contributed by atoms with van der Waals surface area (Å²) in [5, 5.41) is 3.04. The van der Waals surface area contributed by atoms with Gasteiger partial charge in [0.2, 0.25) is 0 Å². The van der Waals surface area contributed by atoms with Gasteiger partial charge in [0.15, 0.2) is 0 Å². The standard InChI is InChI=1S/C23H27BrN4O2/c1-2-30-22-9-7-19(8-10-22)17-28(13-4-12-27-14-11-25-18-27)23(29)26-16-20-5-3-6-21(24)15-20/h3,5-11,14-15,18H,2,4,12-13,16-17H2,1H3,(H,26,29). The first-order valence-corrected chi connectivity index (χ1v) is 10.9. The van der Waals surface area contributed by atoms with Gasteiger partial charge >= 0.3 is 6.03 Å². The van der Waals surface area contributed by atoms with Gasteiger partial charge in [-0.25, -0.2) is 9.78 Å². The van der Waals surface area contributed by atoms with Crippen LogP contribution in [0.5, 0.6) is 5.75 Å². The van der Waals surface area contributed by atoms with Gasteiger partial charge in [0.1, 0.15) is 5.75 Å². The zero-order valence-electron chi connectivity index (χ0n) is 17.1. The minimum atomic E-state index is -0.0745. The van der Waals surface area contributed by atoms with Crippen molar-refractivity contribution in [3.8, 4) is 5.75 Å². The van der Waals surface area contributed by atoms with E-state index < -0.39 is 0 Å². The topological polar surface area (TPSA) is 59.4 Å². The lowest BCUT2D eigenvalue weighted by Gasteiger charge is -2.23. The minimum Gasteiger partial charge on any atom is -0.494 e. The molecule has 0 radical (unpaired) electrons. The lowest BCUT2D eigenvalue weighted by atomic mass is 10.2. The van der Waals surface area contributed by atoms with Crippen LogP contribution in [0.1, 0.15) is 24.5 Å². The van der Waals surface area contributed by atoms with Gasteiger partial charge in [0.05, 0.1) is 12.9 Å². The summed E-state index contributed by atoms with van der Waals surface area (Å²) in [6, 6.07) is 15.8. The van der Waals surface area contributed by atoms with E-state index in [2.05, 4.69) is 26.2 Å². The summed E-state index contributed by atoms with van der Waals surface area (Å²) < 4.78 is 8.53. The lowest BCUT2D eigenvalue weighted by Crippen LogP contribution is -2.40. The van der Waals surface area contributed by atoms with Gasteiger partial charge < -0.3 is 19.5 Å². The molecule has 158 valence electrons. The van der Waals surface area contributed by atoms with Crippen LogP contribution in [0.2, 0.25) is 0 Å². The number of nitrogens with zero attached hydrogens (tertiary/aromatic N) is 3. The van der Waals surface area contributed by atoms with Gasteiger partial charge in [0, 0.05) is 43.0 Å². The Hall–Kier alpha value is -2.80. The molecule has 0 spiro atoms. The Morgan fingerprint density at radius 1 is 1.20 bits per heavy atom. The van der Waals surface area contributed by atoms with Crippen molar-refractivity contribution in [1.29, 1.82) is 0 Å². The van der Waals surface area contributed by atoms with Crippen molar-refractivity contribution in [3.63, 3.8) is 0 Å². The van der Waals surface area contributed by atoms with Gasteiger partial charge in [-0.2, -0.15) is 0 Å². The molecule has 0 fully saturated rings. The summed E-state index contributed by atoms with van der Waals surface area (Å²) in [5.41, 5.74) is 2.12. The number of hydrogen-bond donors (Lipinski definition) is 1. The number of rotatable bonds is 10. The van der Waals surface area contributed by atoms with Crippen LogP contribution >= 0.6 is 15.9 Å². The maximum Gasteiger partial charge on any atom is 0.317 e. The van der Waals surface area contributed by atoms with Crippen LogP contribution in [0.25, 0.3) is 0 Å². The number of ether oxygens (including phenoxy) is 1. The Labute approximate surface area is 186 Å². The van der Waals surface area contributed by atoms with Gasteiger partial charge in [-0.1, -0.05) is 40.2 Å². The van der Waals surface area contributed by atoms with Crippen LogP contribution in [0.3, 0.4) is 0 Å². The fraction of sp³-hybridized carbons (Fsp3) is 0.304.